The molecule has 0 atom stereocenters. The van der Waals surface area contributed by atoms with Crippen molar-refractivity contribution in [3.8, 4) is 0 Å². The van der Waals surface area contributed by atoms with E-state index < -0.39 is 11.7 Å². The quantitative estimate of drug-likeness (QED) is 0.176. The number of oxime groups is 1. The van der Waals surface area contributed by atoms with E-state index in [4.69, 9.17) is 25.9 Å². The van der Waals surface area contributed by atoms with Crippen LogP contribution in [0.2, 0.25) is 0 Å². The topological polar surface area (TPSA) is 129 Å². The van der Waals surface area contributed by atoms with Gasteiger partial charge in [-0.2, -0.15) is 0 Å². The first-order valence-corrected chi connectivity index (χ1v) is 5.76. The smallest absolute Gasteiger partial charge is 0.407 e. The van der Waals surface area contributed by atoms with Crippen LogP contribution in [0, 0.1) is 0 Å². The van der Waals surface area contributed by atoms with Gasteiger partial charge in [-0.25, -0.2) is 4.79 Å². The van der Waals surface area contributed by atoms with Crippen molar-refractivity contribution in [1.29, 1.82) is 0 Å². The van der Waals surface area contributed by atoms with E-state index in [9.17, 15) is 4.79 Å². The molecule has 1 heterocycles. The Hall–Kier alpha value is -1.54. The third-order valence-corrected chi connectivity index (χ3v) is 3.10. The van der Waals surface area contributed by atoms with Gasteiger partial charge < -0.3 is 30.8 Å². The van der Waals surface area contributed by atoms with Crippen LogP contribution in [0.5, 0.6) is 0 Å². The van der Waals surface area contributed by atoms with E-state index in [-0.39, 0.29) is 32.1 Å². The van der Waals surface area contributed by atoms with Crippen LogP contribution in [0.4, 0.5) is 4.79 Å². The van der Waals surface area contributed by atoms with Gasteiger partial charge in [0.2, 0.25) is 0 Å². The van der Waals surface area contributed by atoms with Gasteiger partial charge in [0, 0.05) is 32.5 Å². The van der Waals surface area contributed by atoms with E-state index in [1.165, 1.54) is 4.90 Å². The molecular weight excluding hydrogens is 242 g/mol. The number of hydrogen-bond acceptors (Lipinski definition) is 5. The molecule has 0 radical (unpaired) electrons. The monoisotopic (exact) mass is 261 g/mol. The van der Waals surface area contributed by atoms with Crippen LogP contribution in [0.25, 0.3) is 0 Å². The zero-order valence-corrected chi connectivity index (χ0v) is 10.1. The van der Waals surface area contributed by atoms with E-state index in [0.717, 1.165) is 0 Å². The summed E-state index contributed by atoms with van der Waals surface area (Å²) in [5.41, 5.74) is 4.70. The molecular formula is C10H19N3O5. The molecule has 104 valence electrons. The maximum atomic E-state index is 10.8. The van der Waals surface area contributed by atoms with Crippen LogP contribution in [-0.2, 0) is 4.74 Å². The number of rotatable bonds is 5. The zero-order chi connectivity index (χ0) is 13.6. The number of carbonyl (C=O) groups is 1. The Morgan fingerprint density at radius 2 is 2.06 bits per heavy atom. The maximum absolute atomic E-state index is 10.8. The van der Waals surface area contributed by atoms with Gasteiger partial charge in [0.05, 0.1) is 6.61 Å². The number of amidine groups is 1. The normalized spacial score (nSPS) is 19.8. The minimum absolute atomic E-state index is 0.00644. The summed E-state index contributed by atoms with van der Waals surface area (Å²) in [7, 11) is 0. The number of nitrogens with zero attached hydrogens (tertiary/aromatic N) is 2. The van der Waals surface area contributed by atoms with Gasteiger partial charge in [0.25, 0.3) is 0 Å². The van der Waals surface area contributed by atoms with Crippen molar-refractivity contribution < 1.29 is 25.0 Å². The highest BCUT2D eigenvalue weighted by Crippen LogP contribution is 2.27. The minimum Gasteiger partial charge on any atom is -0.465 e. The van der Waals surface area contributed by atoms with Gasteiger partial charge >= 0.3 is 6.09 Å². The highest BCUT2D eigenvalue weighted by molar-refractivity contribution is 5.88. The molecule has 0 aromatic carbocycles. The molecule has 0 aromatic heterocycles. The summed E-state index contributed by atoms with van der Waals surface area (Å²) in [6.07, 6.45) is 0.128. The van der Waals surface area contributed by atoms with Gasteiger partial charge in [0.15, 0.2) is 5.84 Å². The van der Waals surface area contributed by atoms with Crippen LogP contribution in [-0.4, -0.2) is 64.2 Å². The molecule has 0 spiro atoms. The highest BCUT2D eigenvalue weighted by atomic mass is 16.5. The third-order valence-electron chi connectivity index (χ3n) is 3.10. The van der Waals surface area contributed by atoms with Crippen molar-refractivity contribution in [1.82, 2.24) is 4.90 Å². The molecule has 1 saturated heterocycles. The Bertz CT molecular complexity index is 313. The number of likely N-dealkylation sites (tertiary alicyclic amines) is 1. The Labute approximate surface area is 105 Å². The fourth-order valence-electron chi connectivity index (χ4n) is 1.96. The van der Waals surface area contributed by atoms with E-state index in [0.29, 0.717) is 19.3 Å². The lowest BCUT2D eigenvalue weighted by Crippen LogP contribution is -2.55. The average molecular weight is 261 g/mol. The lowest BCUT2D eigenvalue weighted by atomic mass is 9.90. The van der Waals surface area contributed by atoms with Crippen molar-refractivity contribution in [3.05, 3.63) is 0 Å². The first kappa shape index (κ1) is 14.5. The van der Waals surface area contributed by atoms with Crippen molar-refractivity contribution in [3.63, 3.8) is 0 Å². The average Bonchev–Trinajstić information content (AvgIpc) is 2.38. The largest absolute Gasteiger partial charge is 0.465 e. The number of aliphatic hydroxyl groups is 1. The molecule has 1 aliphatic rings. The van der Waals surface area contributed by atoms with Crippen LogP contribution >= 0.6 is 0 Å². The Kier molecular flexibility index (Phi) is 5.17. The summed E-state index contributed by atoms with van der Waals surface area (Å²) in [6.45, 7) is 0.808. The molecule has 8 nitrogen and oxygen atoms in total. The number of ether oxygens (including phenoxy) is 1. The summed E-state index contributed by atoms with van der Waals surface area (Å²) < 4.78 is 5.60. The van der Waals surface area contributed by atoms with Crippen molar-refractivity contribution in [2.24, 2.45) is 10.9 Å². The second-order valence-electron chi connectivity index (χ2n) is 4.17. The van der Waals surface area contributed by atoms with Crippen molar-refractivity contribution in [2.45, 2.75) is 24.9 Å². The molecule has 1 aliphatic heterocycles. The summed E-state index contributed by atoms with van der Waals surface area (Å²) in [5, 5.41) is 29.3. The standard InChI is InChI=1S/C10H19N3O5/c11-8(12-17)10(18-7-1-6-14)2-4-13(5-3-10)9(15)16/h14,17H,1-7H2,(H2,11,12)(H,15,16). The maximum Gasteiger partial charge on any atom is 0.407 e. The molecule has 0 unspecified atom stereocenters. The molecule has 1 fully saturated rings. The van der Waals surface area contributed by atoms with Gasteiger partial charge in [-0.3, -0.25) is 0 Å². The first-order chi connectivity index (χ1) is 8.55. The van der Waals surface area contributed by atoms with Crippen LogP contribution in [0.15, 0.2) is 5.16 Å². The summed E-state index contributed by atoms with van der Waals surface area (Å²) in [5.74, 6) is -0.0505. The van der Waals surface area contributed by atoms with Crippen LogP contribution in [0.3, 0.4) is 0 Å². The van der Waals surface area contributed by atoms with Crippen LogP contribution < -0.4 is 5.73 Å². The number of hydrogen-bond donors (Lipinski definition) is 4. The zero-order valence-electron chi connectivity index (χ0n) is 10.1. The Balaban J connectivity index is 2.67. The first-order valence-electron chi connectivity index (χ1n) is 5.76. The summed E-state index contributed by atoms with van der Waals surface area (Å²) >= 11 is 0. The third kappa shape index (κ3) is 3.23. The molecule has 1 rings (SSSR count). The van der Waals surface area contributed by atoms with E-state index in [1.54, 1.807) is 0 Å². The van der Waals surface area contributed by atoms with Crippen molar-refractivity contribution in [2.75, 3.05) is 26.3 Å². The van der Waals surface area contributed by atoms with Gasteiger partial charge in [0.1, 0.15) is 5.60 Å². The number of amides is 1. The lowest BCUT2D eigenvalue weighted by molar-refractivity contribution is -0.0382. The Morgan fingerprint density at radius 3 is 2.50 bits per heavy atom. The summed E-state index contributed by atoms with van der Waals surface area (Å²) in [4.78, 5) is 12.1. The molecule has 0 aromatic rings. The number of piperidine rings is 1. The summed E-state index contributed by atoms with van der Waals surface area (Å²) in [6, 6.07) is 0. The van der Waals surface area contributed by atoms with Gasteiger partial charge in [-0.1, -0.05) is 5.16 Å². The molecule has 0 aliphatic carbocycles. The molecule has 5 N–H and O–H groups in total. The van der Waals surface area contributed by atoms with E-state index >= 15 is 0 Å². The Morgan fingerprint density at radius 1 is 1.44 bits per heavy atom. The van der Waals surface area contributed by atoms with Crippen molar-refractivity contribution >= 4 is 11.9 Å². The minimum atomic E-state index is -0.988. The second-order valence-corrected chi connectivity index (χ2v) is 4.17. The predicted molar refractivity (Wildman–Crippen MR) is 62.6 cm³/mol. The highest BCUT2D eigenvalue weighted by Gasteiger charge is 2.40. The molecule has 0 bridgehead atoms. The predicted octanol–water partition coefficient (Wildman–Crippen LogP) is -0.356. The van der Waals surface area contributed by atoms with E-state index in [1.807, 2.05) is 0 Å². The molecule has 1 amide bonds. The molecule has 8 heteroatoms. The second kappa shape index (κ2) is 6.41. The van der Waals surface area contributed by atoms with Crippen LogP contribution in [0.1, 0.15) is 19.3 Å². The van der Waals surface area contributed by atoms with Gasteiger partial charge in [-0.15, -0.1) is 0 Å². The van der Waals surface area contributed by atoms with E-state index in [2.05, 4.69) is 5.16 Å². The van der Waals surface area contributed by atoms with Gasteiger partial charge in [-0.05, 0) is 6.42 Å². The SMILES string of the molecule is NC(=NO)C1(OCCCO)CCN(C(=O)O)CC1. The number of aliphatic hydroxyl groups excluding tert-OH is 1. The fraction of sp³-hybridized carbons (Fsp3) is 0.800. The number of carboxylic acid groups (broad SMARTS) is 1. The lowest BCUT2D eigenvalue weighted by Gasteiger charge is -2.39. The molecule has 0 saturated carbocycles. The number of nitrogens with two attached hydrogens (primary N) is 1. The fourth-order valence-corrected chi connectivity index (χ4v) is 1.96. The molecule has 18 heavy (non-hydrogen) atoms.